The Morgan fingerprint density at radius 3 is 2.94 bits per heavy atom. The number of ether oxygens (including phenoxy) is 1. The van der Waals surface area contributed by atoms with Crippen LogP contribution >= 0.6 is 0 Å². The number of hydrogen-bond acceptors (Lipinski definition) is 3. The summed E-state index contributed by atoms with van der Waals surface area (Å²) in [6, 6.07) is 0.738. The standard InChI is InChI=1S/C13H28N2O/c1-3-13-7-11-15(10-6-8-14-13)9-4-5-12-16-2/h13-14H,3-12H2,1-2H3. The summed E-state index contributed by atoms with van der Waals surface area (Å²) < 4.78 is 5.08. The Hall–Kier alpha value is -0.120. The molecule has 1 N–H and O–H groups in total. The Morgan fingerprint density at radius 1 is 1.31 bits per heavy atom. The molecular formula is C13H28N2O. The minimum Gasteiger partial charge on any atom is -0.385 e. The van der Waals surface area contributed by atoms with Gasteiger partial charge in [0.25, 0.3) is 0 Å². The fraction of sp³-hybridized carbons (Fsp3) is 1.00. The number of nitrogens with zero attached hydrogens (tertiary/aromatic N) is 1. The van der Waals surface area contributed by atoms with Gasteiger partial charge in [-0.2, -0.15) is 0 Å². The molecule has 0 aliphatic carbocycles. The molecule has 1 fully saturated rings. The van der Waals surface area contributed by atoms with Gasteiger partial charge in [0.1, 0.15) is 0 Å². The van der Waals surface area contributed by atoms with Crippen LogP contribution in [0.3, 0.4) is 0 Å². The zero-order chi connectivity index (χ0) is 11.6. The van der Waals surface area contributed by atoms with Gasteiger partial charge in [-0.05, 0) is 58.3 Å². The predicted molar refractivity (Wildman–Crippen MR) is 68.9 cm³/mol. The molecule has 0 aromatic carbocycles. The molecule has 1 aliphatic rings. The lowest BCUT2D eigenvalue weighted by Gasteiger charge is -2.28. The van der Waals surface area contributed by atoms with Crippen molar-refractivity contribution in [1.82, 2.24) is 10.2 Å². The minimum absolute atomic E-state index is 0.738. The summed E-state index contributed by atoms with van der Waals surface area (Å²) in [5.41, 5.74) is 0. The maximum atomic E-state index is 5.08. The molecule has 0 radical (unpaired) electrons. The number of hydrogen-bond donors (Lipinski definition) is 1. The quantitative estimate of drug-likeness (QED) is 0.703. The van der Waals surface area contributed by atoms with Crippen molar-refractivity contribution in [3.8, 4) is 0 Å². The number of nitrogens with one attached hydrogen (secondary N) is 1. The van der Waals surface area contributed by atoms with Crippen molar-refractivity contribution in [2.45, 2.75) is 45.1 Å². The van der Waals surface area contributed by atoms with E-state index in [0.717, 1.165) is 12.6 Å². The van der Waals surface area contributed by atoms with Crippen LogP contribution < -0.4 is 5.32 Å². The normalized spacial score (nSPS) is 24.0. The van der Waals surface area contributed by atoms with Crippen LogP contribution in [0, 0.1) is 0 Å². The summed E-state index contributed by atoms with van der Waals surface area (Å²) >= 11 is 0. The molecular weight excluding hydrogens is 200 g/mol. The fourth-order valence-electron chi connectivity index (χ4n) is 2.32. The lowest BCUT2D eigenvalue weighted by molar-refractivity contribution is 0.179. The van der Waals surface area contributed by atoms with Gasteiger partial charge in [0, 0.05) is 19.8 Å². The predicted octanol–water partition coefficient (Wildman–Crippen LogP) is 1.88. The van der Waals surface area contributed by atoms with Crippen LogP contribution in [-0.2, 0) is 4.74 Å². The highest BCUT2D eigenvalue weighted by atomic mass is 16.5. The van der Waals surface area contributed by atoms with Crippen LogP contribution in [0.25, 0.3) is 0 Å². The molecule has 1 saturated heterocycles. The van der Waals surface area contributed by atoms with Crippen molar-refractivity contribution >= 4 is 0 Å². The molecule has 1 rings (SSSR count). The maximum absolute atomic E-state index is 5.08. The summed E-state index contributed by atoms with van der Waals surface area (Å²) in [6.07, 6.45) is 6.33. The van der Waals surface area contributed by atoms with Crippen molar-refractivity contribution in [2.75, 3.05) is 39.9 Å². The molecule has 96 valence electrons. The van der Waals surface area contributed by atoms with E-state index in [2.05, 4.69) is 17.1 Å². The van der Waals surface area contributed by atoms with Gasteiger partial charge in [-0.15, -0.1) is 0 Å². The summed E-state index contributed by atoms with van der Waals surface area (Å²) in [5, 5.41) is 3.62. The largest absolute Gasteiger partial charge is 0.385 e. The molecule has 1 heterocycles. The van der Waals surface area contributed by atoms with Crippen LogP contribution in [0.15, 0.2) is 0 Å². The Labute approximate surface area is 101 Å². The SMILES string of the molecule is CCC1CCN(CCCCOC)CCCN1. The van der Waals surface area contributed by atoms with E-state index in [4.69, 9.17) is 4.74 Å². The summed E-state index contributed by atoms with van der Waals surface area (Å²) in [6.45, 7) is 8.15. The van der Waals surface area contributed by atoms with Crippen molar-refractivity contribution < 1.29 is 4.74 Å². The van der Waals surface area contributed by atoms with Gasteiger partial charge < -0.3 is 15.0 Å². The smallest absolute Gasteiger partial charge is 0.0462 e. The van der Waals surface area contributed by atoms with Gasteiger partial charge in [-0.1, -0.05) is 6.92 Å². The Balaban J connectivity index is 2.14. The van der Waals surface area contributed by atoms with Gasteiger partial charge in [-0.25, -0.2) is 0 Å². The first-order chi connectivity index (χ1) is 7.86. The summed E-state index contributed by atoms with van der Waals surface area (Å²) in [4.78, 5) is 2.62. The lowest BCUT2D eigenvalue weighted by atomic mass is 10.1. The first kappa shape index (κ1) is 13.9. The molecule has 0 spiro atoms. The number of rotatable bonds is 6. The van der Waals surface area contributed by atoms with Gasteiger partial charge in [0.2, 0.25) is 0 Å². The average Bonchev–Trinajstić information content (AvgIpc) is 2.27. The number of methoxy groups -OCH3 is 1. The molecule has 1 aliphatic heterocycles. The van der Waals surface area contributed by atoms with E-state index < -0.39 is 0 Å². The Morgan fingerprint density at radius 2 is 2.19 bits per heavy atom. The average molecular weight is 228 g/mol. The van der Waals surface area contributed by atoms with Gasteiger partial charge in [0.05, 0.1) is 0 Å². The Kier molecular flexibility index (Phi) is 7.81. The molecule has 0 aromatic rings. The van der Waals surface area contributed by atoms with Crippen LogP contribution in [0.4, 0.5) is 0 Å². The van der Waals surface area contributed by atoms with E-state index >= 15 is 0 Å². The Bertz CT molecular complexity index is 164. The monoisotopic (exact) mass is 228 g/mol. The topological polar surface area (TPSA) is 24.5 Å². The summed E-state index contributed by atoms with van der Waals surface area (Å²) in [7, 11) is 1.79. The van der Waals surface area contributed by atoms with E-state index in [1.54, 1.807) is 7.11 Å². The van der Waals surface area contributed by atoms with E-state index in [1.165, 1.54) is 58.3 Å². The van der Waals surface area contributed by atoms with Gasteiger partial charge in [0.15, 0.2) is 0 Å². The first-order valence-corrected chi connectivity index (χ1v) is 6.81. The van der Waals surface area contributed by atoms with Crippen LogP contribution in [0.2, 0.25) is 0 Å². The third kappa shape index (κ3) is 5.83. The lowest BCUT2D eigenvalue weighted by Crippen LogP contribution is -2.39. The molecule has 16 heavy (non-hydrogen) atoms. The maximum Gasteiger partial charge on any atom is 0.0462 e. The van der Waals surface area contributed by atoms with Gasteiger partial charge in [-0.3, -0.25) is 0 Å². The van der Waals surface area contributed by atoms with E-state index in [-0.39, 0.29) is 0 Å². The molecule has 0 bridgehead atoms. The third-order valence-corrected chi connectivity index (χ3v) is 3.44. The summed E-state index contributed by atoms with van der Waals surface area (Å²) in [5.74, 6) is 0. The second kappa shape index (κ2) is 8.97. The van der Waals surface area contributed by atoms with Crippen molar-refractivity contribution in [3.63, 3.8) is 0 Å². The molecule has 1 unspecified atom stereocenters. The van der Waals surface area contributed by atoms with Crippen LogP contribution in [-0.4, -0.2) is 50.8 Å². The molecule has 1 atom stereocenters. The van der Waals surface area contributed by atoms with Crippen LogP contribution in [0.5, 0.6) is 0 Å². The minimum atomic E-state index is 0.738. The van der Waals surface area contributed by atoms with E-state index in [1.807, 2.05) is 0 Å². The first-order valence-electron chi connectivity index (χ1n) is 6.81. The molecule has 0 saturated carbocycles. The molecule has 3 heteroatoms. The van der Waals surface area contributed by atoms with Crippen molar-refractivity contribution in [1.29, 1.82) is 0 Å². The molecule has 0 aromatic heterocycles. The zero-order valence-electron chi connectivity index (χ0n) is 11.0. The third-order valence-electron chi connectivity index (χ3n) is 3.44. The van der Waals surface area contributed by atoms with Crippen molar-refractivity contribution in [2.24, 2.45) is 0 Å². The van der Waals surface area contributed by atoms with E-state index in [9.17, 15) is 0 Å². The number of unbranched alkanes of at least 4 members (excludes halogenated alkanes) is 1. The fourth-order valence-corrected chi connectivity index (χ4v) is 2.32. The highest BCUT2D eigenvalue weighted by Crippen LogP contribution is 2.06. The second-order valence-corrected chi connectivity index (χ2v) is 4.74. The highest BCUT2D eigenvalue weighted by Gasteiger charge is 2.12. The molecule has 3 nitrogen and oxygen atoms in total. The molecule has 0 amide bonds. The zero-order valence-corrected chi connectivity index (χ0v) is 11.0. The van der Waals surface area contributed by atoms with Gasteiger partial charge >= 0.3 is 0 Å². The van der Waals surface area contributed by atoms with Crippen molar-refractivity contribution in [3.05, 3.63) is 0 Å². The van der Waals surface area contributed by atoms with Crippen LogP contribution in [0.1, 0.15) is 39.0 Å². The van der Waals surface area contributed by atoms with E-state index in [0.29, 0.717) is 0 Å². The second-order valence-electron chi connectivity index (χ2n) is 4.74. The highest BCUT2D eigenvalue weighted by molar-refractivity contribution is 4.72.